The highest BCUT2D eigenvalue weighted by Gasteiger charge is 2.11. The lowest BCUT2D eigenvalue weighted by atomic mass is 10.2. The quantitative estimate of drug-likeness (QED) is 0.590. The Bertz CT molecular complexity index is 714. The number of methoxy groups -OCH3 is 1. The Kier molecular flexibility index (Phi) is 4.70. The molecule has 1 heterocycles. The predicted molar refractivity (Wildman–Crippen MR) is 83.1 cm³/mol. The molecule has 1 aromatic carbocycles. The fourth-order valence-electron chi connectivity index (χ4n) is 1.65. The van der Waals surface area contributed by atoms with Crippen molar-refractivity contribution in [1.82, 2.24) is 4.98 Å². The third-order valence-corrected chi connectivity index (χ3v) is 3.23. The molecule has 0 aliphatic rings. The maximum absolute atomic E-state index is 8.88. The smallest absolute Gasteiger partial charge is 0.161 e. The Labute approximate surface area is 131 Å². The summed E-state index contributed by atoms with van der Waals surface area (Å²) < 4.78 is 5.23. The number of hydrazine groups is 1. The van der Waals surface area contributed by atoms with Crippen molar-refractivity contribution in [3.8, 4) is 11.8 Å². The van der Waals surface area contributed by atoms with Gasteiger partial charge >= 0.3 is 0 Å². The topological polar surface area (TPSA) is 96.0 Å². The third kappa shape index (κ3) is 3.28. The summed E-state index contributed by atoms with van der Waals surface area (Å²) >= 11 is 12.0. The molecule has 4 N–H and O–H groups in total. The number of nitrogens with one attached hydrogen (secondary N) is 2. The van der Waals surface area contributed by atoms with E-state index in [1.54, 1.807) is 18.2 Å². The van der Waals surface area contributed by atoms with Gasteiger partial charge in [0.2, 0.25) is 0 Å². The van der Waals surface area contributed by atoms with Gasteiger partial charge in [-0.05, 0) is 18.2 Å². The zero-order valence-corrected chi connectivity index (χ0v) is 12.5. The van der Waals surface area contributed by atoms with Crippen LogP contribution in [0, 0.1) is 11.3 Å². The van der Waals surface area contributed by atoms with Crippen molar-refractivity contribution in [2.24, 2.45) is 5.84 Å². The van der Waals surface area contributed by atoms with Gasteiger partial charge in [0.15, 0.2) is 11.6 Å². The summed E-state index contributed by atoms with van der Waals surface area (Å²) in [6.45, 7) is 0. The van der Waals surface area contributed by atoms with Crippen LogP contribution in [0.4, 0.5) is 17.3 Å². The summed E-state index contributed by atoms with van der Waals surface area (Å²) in [6.07, 6.45) is 0. The molecule has 21 heavy (non-hydrogen) atoms. The van der Waals surface area contributed by atoms with E-state index in [0.29, 0.717) is 32.9 Å². The van der Waals surface area contributed by atoms with E-state index in [4.69, 9.17) is 39.0 Å². The number of nitrogens with zero attached hydrogens (tertiary/aromatic N) is 2. The number of nitrogens with two attached hydrogens (primary N) is 1. The lowest BCUT2D eigenvalue weighted by Gasteiger charge is -2.13. The normalized spacial score (nSPS) is 9.86. The van der Waals surface area contributed by atoms with E-state index in [9.17, 15) is 0 Å². The molecule has 0 radical (unpaired) electrons. The van der Waals surface area contributed by atoms with Crippen LogP contribution < -0.4 is 21.3 Å². The van der Waals surface area contributed by atoms with Crippen LogP contribution in [0.2, 0.25) is 10.0 Å². The molecule has 0 atom stereocenters. The highest BCUT2D eigenvalue weighted by molar-refractivity contribution is 6.37. The molecule has 0 bridgehead atoms. The largest absolute Gasteiger partial charge is 0.495 e. The summed E-state index contributed by atoms with van der Waals surface area (Å²) in [7, 11) is 1.51. The fraction of sp³-hybridized carbons (Fsp3) is 0.0769. The van der Waals surface area contributed by atoms with Crippen molar-refractivity contribution in [1.29, 1.82) is 5.26 Å². The molecule has 0 saturated carbocycles. The molecule has 1 aromatic heterocycles. The highest BCUT2D eigenvalue weighted by Crippen LogP contribution is 2.33. The molecule has 108 valence electrons. The van der Waals surface area contributed by atoms with Crippen molar-refractivity contribution < 1.29 is 4.74 Å². The molecule has 0 aliphatic heterocycles. The van der Waals surface area contributed by atoms with Gasteiger partial charge in [-0.1, -0.05) is 23.2 Å². The summed E-state index contributed by atoms with van der Waals surface area (Å²) in [5.74, 6) is 6.46. The molecule has 2 aromatic rings. The maximum Gasteiger partial charge on any atom is 0.161 e. The van der Waals surface area contributed by atoms with Crippen molar-refractivity contribution >= 4 is 40.5 Å². The SMILES string of the molecule is COc1cc(C#N)ccc1Nc1nc(NN)c(Cl)cc1Cl. The number of aromatic nitrogens is 1. The minimum absolute atomic E-state index is 0.288. The first-order valence-electron chi connectivity index (χ1n) is 5.77. The number of ether oxygens (including phenoxy) is 1. The Hall–Kier alpha value is -2.20. The van der Waals surface area contributed by atoms with Crippen LogP contribution in [0.25, 0.3) is 0 Å². The first-order chi connectivity index (χ1) is 10.1. The molecule has 2 rings (SSSR count). The van der Waals surface area contributed by atoms with E-state index in [0.717, 1.165) is 0 Å². The minimum atomic E-state index is 0.288. The van der Waals surface area contributed by atoms with Crippen LogP contribution in [0.3, 0.4) is 0 Å². The second kappa shape index (κ2) is 6.50. The monoisotopic (exact) mass is 323 g/mol. The molecular formula is C13H11Cl2N5O. The van der Waals surface area contributed by atoms with E-state index < -0.39 is 0 Å². The number of nitrogen functional groups attached to an aromatic ring is 1. The van der Waals surface area contributed by atoms with Gasteiger partial charge in [0.25, 0.3) is 0 Å². The third-order valence-electron chi connectivity index (χ3n) is 2.65. The van der Waals surface area contributed by atoms with Crippen LogP contribution >= 0.6 is 23.2 Å². The van der Waals surface area contributed by atoms with Crippen molar-refractivity contribution in [3.63, 3.8) is 0 Å². The van der Waals surface area contributed by atoms with Gasteiger partial charge in [-0.2, -0.15) is 5.26 Å². The average Bonchev–Trinajstić information content (AvgIpc) is 2.50. The van der Waals surface area contributed by atoms with E-state index in [1.807, 2.05) is 6.07 Å². The lowest BCUT2D eigenvalue weighted by molar-refractivity contribution is 0.416. The number of pyridine rings is 1. The van der Waals surface area contributed by atoms with E-state index in [1.165, 1.54) is 13.2 Å². The molecule has 0 amide bonds. The molecule has 0 unspecified atom stereocenters. The lowest BCUT2D eigenvalue weighted by Crippen LogP contribution is -2.10. The molecule has 0 aliphatic carbocycles. The number of hydrogen-bond acceptors (Lipinski definition) is 6. The van der Waals surface area contributed by atoms with Gasteiger partial charge in [-0.15, -0.1) is 0 Å². The van der Waals surface area contributed by atoms with Gasteiger partial charge in [0.05, 0.1) is 34.5 Å². The van der Waals surface area contributed by atoms with Gasteiger partial charge in [0, 0.05) is 6.07 Å². The molecule has 6 nitrogen and oxygen atoms in total. The standard InChI is InChI=1S/C13H11Cl2N5O/c1-21-11-4-7(6-16)2-3-10(11)18-12-8(14)5-9(15)13(19-12)20-17/h2-5H,17H2,1H3,(H2,18,19,20). The number of rotatable bonds is 4. The van der Waals surface area contributed by atoms with E-state index >= 15 is 0 Å². The molecule has 0 saturated heterocycles. The Morgan fingerprint density at radius 1 is 1.24 bits per heavy atom. The van der Waals surface area contributed by atoms with Crippen LogP contribution in [0.1, 0.15) is 5.56 Å². The Balaban J connectivity index is 2.41. The van der Waals surface area contributed by atoms with Crippen molar-refractivity contribution in [2.75, 3.05) is 17.9 Å². The second-order valence-corrected chi connectivity index (χ2v) is 4.76. The van der Waals surface area contributed by atoms with Gasteiger partial charge < -0.3 is 15.5 Å². The first-order valence-corrected chi connectivity index (χ1v) is 6.52. The first kappa shape index (κ1) is 15.2. The minimum Gasteiger partial charge on any atom is -0.495 e. The number of halogens is 2. The fourth-order valence-corrected chi connectivity index (χ4v) is 2.11. The van der Waals surface area contributed by atoms with Gasteiger partial charge in [0.1, 0.15) is 5.75 Å². The summed E-state index contributed by atoms with van der Waals surface area (Å²) in [6, 6.07) is 8.50. The summed E-state index contributed by atoms with van der Waals surface area (Å²) in [5.41, 5.74) is 3.47. The van der Waals surface area contributed by atoms with Crippen LogP contribution in [-0.4, -0.2) is 12.1 Å². The number of benzene rings is 1. The number of hydrogen-bond donors (Lipinski definition) is 3. The summed E-state index contributed by atoms with van der Waals surface area (Å²) in [5, 5.41) is 12.5. The van der Waals surface area contributed by atoms with Crippen molar-refractivity contribution in [3.05, 3.63) is 39.9 Å². The number of anilines is 3. The Morgan fingerprint density at radius 3 is 2.57 bits per heavy atom. The molecule has 0 spiro atoms. The van der Waals surface area contributed by atoms with E-state index in [-0.39, 0.29) is 5.82 Å². The highest BCUT2D eigenvalue weighted by atomic mass is 35.5. The van der Waals surface area contributed by atoms with Gasteiger partial charge in [-0.25, -0.2) is 10.8 Å². The Morgan fingerprint density at radius 2 is 1.95 bits per heavy atom. The van der Waals surface area contributed by atoms with E-state index in [2.05, 4.69) is 15.7 Å². The maximum atomic E-state index is 8.88. The van der Waals surface area contributed by atoms with Crippen LogP contribution in [-0.2, 0) is 0 Å². The van der Waals surface area contributed by atoms with Crippen molar-refractivity contribution in [2.45, 2.75) is 0 Å². The zero-order chi connectivity index (χ0) is 15.4. The van der Waals surface area contributed by atoms with Gasteiger partial charge in [-0.3, -0.25) is 0 Å². The van der Waals surface area contributed by atoms with Crippen LogP contribution in [0.5, 0.6) is 5.75 Å². The number of nitriles is 1. The second-order valence-electron chi connectivity index (χ2n) is 3.95. The summed E-state index contributed by atoms with van der Waals surface area (Å²) in [4.78, 5) is 4.17. The zero-order valence-electron chi connectivity index (χ0n) is 10.9. The molecular weight excluding hydrogens is 313 g/mol. The molecule has 8 heteroatoms. The molecule has 0 fully saturated rings. The predicted octanol–water partition coefficient (Wildman–Crippen LogP) is 3.30. The average molecular weight is 324 g/mol. The van der Waals surface area contributed by atoms with Crippen LogP contribution in [0.15, 0.2) is 24.3 Å².